The highest BCUT2D eigenvalue weighted by Gasteiger charge is 2.26. The summed E-state index contributed by atoms with van der Waals surface area (Å²) >= 11 is 0. The Labute approximate surface area is 163 Å². The number of piperidine rings is 1. The van der Waals surface area contributed by atoms with Gasteiger partial charge in [0.25, 0.3) is 5.91 Å². The third-order valence-corrected chi connectivity index (χ3v) is 5.29. The number of hydrogen-bond acceptors (Lipinski definition) is 2. The van der Waals surface area contributed by atoms with Gasteiger partial charge in [-0.15, -0.1) is 12.4 Å². The van der Waals surface area contributed by atoms with E-state index in [1.807, 2.05) is 18.0 Å². The highest BCUT2D eigenvalue weighted by atomic mass is 35.5. The van der Waals surface area contributed by atoms with Crippen LogP contribution in [0.5, 0.6) is 0 Å². The molecule has 1 aliphatic heterocycles. The maximum absolute atomic E-state index is 13.1. The molecule has 3 rings (SSSR count). The maximum atomic E-state index is 13.1. The molecule has 1 unspecified atom stereocenters. The third-order valence-electron chi connectivity index (χ3n) is 5.29. The lowest BCUT2D eigenvalue weighted by Gasteiger charge is -2.32. The van der Waals surface area contributed by atoms with Crippen LogP contribution in [0.15, 0.2) is 36.4 Å². The Balaban J connectivity index is 0.00000243. The van der Waals surface area contributed by atoms with Crippen LogP contribution in [0.2, 0.25) is 0 Å². The summed E-state index contributed by atoms with van der Waals surface area (Å²) in [5.74, 6) is 0.753. The molecule has 1 saturated heterocycles. The second kappa shape index (κ2) is 9.24. The third kappa shape index (κ3) is 4.49. The zero-order chi connectivity index (χ0) is 17.8. The van der Waals surface area contributed by atoms with E-state index in [-0.39, 0.29) is 18.3 Å². The Kier molecular flexibility index (Phi) is 7.30. The van der Waals surface area contributed by atoms with E-state index in [9.17, 15) is 4.79 Å². The molecule has 26 heavy (non-hydrogen) atoms. The molecule has 1 fully saturated rings. The minimum Gasteiger partial charge on any atom is -0.344 e. The van der Waals surface area contributed by atoms with Crippen molar-refractivity contribution in [2.24, 2.45) is 5.92 Å². The second-order valence-electron chi connectivity index (χ2n) is 7.17. The van der Waals surface area contributed by atoms with Crippen molar-refractivity contribution in [1.29, 1.82) is 0 Å². The van der Waals surface area contributed by atoms with E-state index in [4.69, 9.17) is 0 Å². The van der Waals surface area contributed by atoms with Crippen LogP contribution in [0.3, 0.4) is 0 Å². The summed E-state index contributed by atoms with van der Waals surface area (Å²) in [5, 5.41) is 3.25. The molecule has 1 aromatic carbocycles. The molecule has 0 aliphatic carbocycles. The topological polar surface area (TPSA) is 37.3 Å². The summed E-state index contributed by atoms with van der Waals surface area (Å²) in [6, 6.07) is 12.5. The average molecular weight is 376 g/mol. The fourth-order valence-electron chi connectivity index (χ4n) is 3.90. The fourth-order valence-corrected chi connectivity index (χ4v) is 3.90. The Hall–Kier alpha value is -1.78. The van der Waals surface area contributed by atoms with Crippen LogP contribution in [0.1, 0.15) is 40.2 Å². The molecule has 1 aromatic heterocycles. The number of aryl methyl sites for hydroxylation is 1. The minimum atomic E-state index is 0. The number of likely N-dealkylation sites (tertiary alicyclic amines) is 1. The van der Waals surface area contributed by atoms with Crippen molar-refractivity contribution in [2.75, 3.05) is 26.7 Å². The lowest BCUT2D eigenvalue weighted by Crippen LogP contribution is -2.42. The van der Waals surface area contributed by atoms with Crippen LogP contribution in [0.25, 0.3) is 0 Å². The first-order valence-electron chi connectivity index (χ1n) is 9.24. The molecule has 1 aliphatic rings. The molecular formula is C21H30ClN3O. The monoisotopic (exact) mass is 375 g/mol. The van der Waals surface area contributed by atoms with Gasteiger partial charge >= 0.3 is 0 Å². The normalized spacial score (nSPS) is 17.0. The number of hydrogen-bond donors (Lipinski definition) is 1. The number of carbonyl (C=O) groups is 1. The number of benzene rings is 1. The van der Waals surface area contributed by atoms with Gasteiger partial charge in [0.2, 0.25) is 0 Å². The molecule has 2 heterocycles. The van der Waals surface area contributed by atoms with Crippen LogP contribution in [-0.4, -0.2) is 42.1 Å². The molecular weight excluding hydrogens is 346 g/mol. The number of aromatic nitrogens is 1. The van der Waals surface area contributed by atoms with E-state index in [2.05, 4.69) is 54.1 Å². The number of rotatable bonds is 5. The van der Waals surface area contributed by atoms with Crippen molar-refractivity contribution in [2.45, 2.75) is 33.2 Å². The van der Waals surface area contributed by atoms with Crippen LogP contribution >= 0.6 is 12.4 Å². The van der Waals surface area contributed by atoms with Crippen LogP contribution in [0, 0.1) is 19.8 Å². The molecule has 5 heteroatoms. The molecule has 0 radical (unpaired) electrons. The second-order valence-corrected chi connectivity index (χ2v) is 7.17. The highest BCUT2D eigenvalue weighted by Crippen LogP contribution is 2.22. The summed E-state index contributed by atoms with van der Waals surface area (Å²) in [5.41, 5.74) is 4.34. The van der Waals surface area contributed by atoms with Gasteiger partial charge in [-0.25, -0.2) is 0 Å². The number of amides is 1. The van der Waals surface area contributed by atoms with Gasteiger partial charge in [0.15, 0.2) is 0 Å². The molecule has 142 valence electrons. The van der Waals surface area contributed by atoms with Crippen molar-refractivity contribution in [3.8, 4) is 0 Å². The first kappa shape index (κ1) is 20.5. The van der Waals surface area contributed by atoms with Gasteiger partial charge < -0.3 is 14.8 Å². The summed E-state index contributed by atoms with van der Waals surface area (Å²) in [6.07, 6.45) is 2.30. The predicted octanol–water partition coefficient (Wildman–Crippen LogP) is 3.65. The zero-order valence-electron chi connectivity index (χ0n) is 16.0. The van der Waals surface area contributed by atoms with Gasteiger partial charge in [0, 0.05) is 31.0 Å². The molecule has 1 atom stereocenters. The van der Waals surface area contributed by atoms with Gasteiger partial charge in [-0.05, 0) is 57.8 Å². The molecule has 2 aromatic rings. The molecule has 1 N–H and O–H groups in total. The first-order chi connectivity index (χ1) is 12.1. The minimum absolute atomic E-state index is 0. The van der Waals surface area contributed by atoms with Crippen molar-refractivity contribution >= 4 is 18.3 Å². The smallest absolute Gasteiger partial charge is 0.255 e. The maximum Gasteiger partial charge on any atom is 0.255 e. The van der Waals surface area contributed by atoms with Gasteiger partial charge in [-0.3, -0.25) is 4.79 Å². The lowest BCUT2D eigenvalue weighted by atomic mass is 9.97. The summed E-state index contributed by atoms with van der Waals surface area (Å²) in [4.78, 5) is 15.1. The summed E-state index contributed by atoms with van der Waals surface area (Å²) in [7, 11) is 1.98. The number of halogens is 1. The lowest BCUT2D eigenvalue weighted by molar-refractivity contribution is 0.0673. The van der Waals surface area contributed by atoms with Crippen LogP contribution in [0.4, 0.5) is 0 Å². The van der Waals surface area contributed by atoms with Crippen LogP contribution < -0.4 is 5.32 Å². The number of carbonyl (C=O) groups excluding carboxylic acids is 1. The van der Waals surface area contributed by atoms with E-state index in [0.29, 0.717) is 5.92 Å². The largest absolute Gasteiger partial charge is 0.344 e. The van der Waals surface area contributed by atoms with Crippen molar-refractivity contribution in [3.63, 3.8) is 0 Å². The van der Waals surface area contributed by atoms with E-state index in [1.54, 1.807) is 0 Å². The average Bonchev–Trinajstić information content (AvgIpc) is 2.91. The van der Waals surface area contributed by atoms with Gasteiger partial charge in [0.1, 0.15) is 0 Å². The van der Waals surface area contributed by atoms with Gasteiger partial charge in [0.05, 0.1) is 5.56 Å². The summed E-state index contributed by atoms with van der Waals surface area (Å²) in [6.45, 7) is 7.69. The van der Waals surface area contributed by atoms with Crippen molar-refractivity contribution in [1.82, 2.24) is 14.8 Å². The van der Waals surface area contributed by atoms with Crippen molar-refractivity contribution in [3.05, 3.63) is 58.9 Å². The highest BCUT2D eigenvalue weighted by molar-refractivity contribution is 5.95. The predicted molar refractivity (Wildman–Crippen MR) is 109 cm³/mol. The van der Waals surface area contributed by atoms with Crippen LogP contribution in [-0.2, 0) is 6.54 Å². The van der Waals surface area contributed by atoms with Gasteiger partial charge in [-0.1, -0.05) is 30.3 Å². The standard InChI is InChI=1S/C21H29N3O.ClH/c1-16-12-20(17(2)24(16)15-18-8-5-4-6-9-18)21(25)23-11-7-10-19(14-23)13-22-3;/h4-6,8-9,12,19,22H,7,10-11,13-15H2,1-3H3;1H. The molecule has 0 spiro atoms. The molecule has 1 amide bonds. The number of nitrogens with zero attached hydrogens (tertiary/aromatic N) is 2. The Morgan fingerprint density at radius 1 is 1.23 bits per heavy atom. The first-order valence-corrected chi connectivity index (χ1v) is 9.24. The van der Waals surface area contributed by atoms with E-state index in [1.165, 1.54) is 12.0 Å². The molecule has 0 bridgehead atoms. The van der Waals surface area contributed by atoms with E-state index in [0.717, 1.165) is 49.6 Å². The SMILES string of the molecule is CNCC1CCCN(C(=O)c2cc(C)n(Cc3ccccc3)c2C)C1.Cl. The Morgan fingerprint density at radius 2 is 1.96 bits per heavy atom. The molecule has 4 nitrogen and oxygen atoms in total. The van der Waals surface area contributed by atoms with Crippen molar-refractivity contribution < 1.29 is 4.79 Å². The Morgan fingerprint density at radius 3 is 2.65 bits per heavy atom. The van der Waals surface area contributed by atoms with Gasteiger partial charge in [-0.2, -0.15) is 0 Å². The quantitative estimate of drug-likeness (QED) is 0.866. The number of nitrogens with one attached hydrogen (secondary N) is 1. The zero-order valence-corrected chi connectivity index (χ0v) is 16.8. The molecule has 0 saturated carbocycles. The van der Waals surface area contributed by atoms with E-state index >= 15 is 0 Å². The fraction of sp³-hybridized carbons (Fsp3) is 0.476. The van der Waals surface area contributed by atoms with E-state index < -0.39 is 0 Å². The Bertz CT molecular complexity index is 724. The summed E-state index contributed by atoms with van der Waals surface area (Å²) < 4.78 is 2.25.